The summed E-state index contributed by atoms with van der Waals surface area (Å²) < 4.78 is 0. The quantitative estimate of drug-likeness (QED) is 0.601. The second kappa shape index (κ2) is 3.11. The van der Waals surface area contributed by atoms with Crippen molar-refractivity contribution in [3.63, 3.8) is 0 Å². The van der Waals surface area contributed by atoms with Crippen LogP contribution in [0.4, 0.5) is 0 Å². The van der Waals surface area contributed by atoms with Crippen molar-refractivity contribution in [2.24, 2.45) is 0 Å². The Morgan fingerprint density at radius 3 is 2.25 bits per heavy atom. The number of hydrogen-bond donors (Lipinski definition) is 1. The highest BCUT2D eigenvalue weighted by Gasteiger charge is 2.08. The van der Waals surface area contributed by atoms with Gasteiger partial charge in [-0.15, -0.1) is 0 Å². The van der Waals surface area contributed by atoms with Gasteiger partial charge in [0.1, 0.15) is 0 Å². The van der Waals surface area contributed by atoms with E-state index >= 15 is 0 Å². The summed E-state index contributed by atoms with van der Waals surface area (Å²) in [7, 11) is 0. The van der Waals surface area contributed by atoms with Gasteiger partial charge in [-0.2, -0.15) is 0 Å². The third-order valence-corrected chi connectivity index (χ3v) is 0.868. The van der Waals surface area contributed by atoms with Crippen LogP contribution in [-0.4, -0.2) is 10.7 Å². The van der Waals surface area contributed by atoms with Gasteiger partial charge in [-0.3, -0.25) is 0 Å². The van der Waals surface area contributed by atoms with Gasteiger partial charge < -0.3 is 5.11 Å². The van der Waals surface area contributed by atoms with Gasteiger partial charge in [0, 0.05) is 22.4 Å². The first-order chi connectivity index (χ1) is 3.56. The number of hydrogen-bond acceptors (Lipinski definition) is 1. The molecule has 0 saturated heterocycles. The molecule has 2 heteroatoms. The topological polar surface area (TPSA) is 20.2 Å². The third kappa shape index (κ3) is 6.00. The standard InChI is InChI=1S/C6H9BrO/c1-6(2,8)4-3-5-7/h8H,4H2,1-2H3. The van der Waals surface area contributed by atoms with Gasteiger partial charge in [0.15, 0.2) is 0 Å². The molecule has 0 atom stereocenters. The minimum atomic E-state index is -0.652. The molecule has 0 fully saturated rings. The summed E-state index contributed by atoms with van der Waals surface area (Å²) in [4.78, 5) is 2.53. The average Bonchev–Trinajstić information content (AvgIpc) is 1.59. The molecule has 0 heterocycles. The van der Waals surface area contributed by atoms with Crippen molar-refractivity contribution in [1.82, 2.24) is 0 Å². The van der Waals surface area contributed by atoms with Crippen LogP contribution < -0.4 is 0 Å². The highest BCUT2D eigenvalue weighted by molar-refractivity contribution is 9.12. The van der Waals surface area contributed by atoms with Crippen LogP contribution in [0.5, 0.6) is 0 Å². The van der Waals surface area contributed by atoms with Gasteiger partial charge in [0.05, 0.1) is 5.60 Å². The van der Waals surface area contributed by atoms with Crippen molar-refractivity contribution in [2.45, 2.75) is 25.9 Å². The first kappa shape index (κ1) is 8.00. The van der Waals surface area contributed by atoms with Crippen molar-refractivity contribution in [2.75, 3.05) is 0 Å². The van der Waals surface area contributed by atoms with Gasteiger partial charge in [-0.25, -0.2) is 0 Å². The summed E-state index contributed by atoms with van der Waals surface area (Å²) in [6, 6.07) is 0. The molecule has 0 aromatic heterocycles. The van der Waals surface area contributed by atoms with Crippen molar-refractivity contribution in [3.8, 4) is 10.8 Å². The van der Waals surface area contributed by atoms with Crippen LogP contribution in [0, 0.1) is 10.8 Å². The van der Waals surface area contributed by atoms with Gasteiger partial charge in [-0.05, 0) is 18.7 Å². The van der Waals surface area contributed by atoms with Gasteiger partial charge >= 0.3 is 0 Å². The Hall–Kier alpha value is 0. The maximum atomic E-state index is 9.03. The van der Waals surface area contributed by atoms with Crippen molar-refractivity contribution in [1.29, 1.82) is 0 Å². The molecule has 0 rings (SSSR count). The molecule has 0 spiro atoms. The summed E-state index contributed by atoms with van der Waals surface area (Å²) in [5.74, 6) is 2.70. The lowest BCUT2D eigenvalue weighted by Gasteiger charge is -2.10. The zero-order valence-electron chi connectivity index (χ0n) is 5.03. The lowest BCUT2D eigenvalue weighted by molar-refractivity contribution is 0.0863. The van der Waals surface area contributed by atoms with Crippen LogP contribution in [0.1, 0.15) is 20.3 Å². The van der Waals surface area contributed by atoms with E-state index in [1.807, 2.05) is 0 Å². The Morgan fingerprint density at radius 2 is 2.12 bits per heavy atom. The molecular formula is C6H9BrO. The minimum absolute atomic E-state index is 0.512. The molecule has 0 aliphatic heterocycles. The molecule has 0 aromatic carbocycles. The smallest absolute Gasteiger partial charge is 0.0700 e. The SMILES string of the molecule is CC(C)(O)CC#CBr. The van der Waals surface area contributed by atoms with Gasteiger partial charge in [0.2, 0.25) is 0 Å². The zero-order chi connectivity index (χ0) is 6.62. The van der Waals surface area contributed by atoms with Crippen molar-refractivity contribution >= 4 is 15.9 Å². The van der Waals surface area contributed by atoms with Crippen LogP contribution in [-0.2, 0) is 0 Å². The molecule has 0 aliphatic carbocycles. The monoisotopic (exact) mass is 176 g/mol. The van der Waals surface area contributed by atoms with Crippen LogP contribution in [0.15, 0.2) is 0 Å². The lowest BCUT2D eigenvalue weighted by Crippen LogP contribution is -2.16. The van der Waals surface area contributed by atoms with Gasteiger partial charge in [-0.1, -0.05) is 5.92 Å². The molecule has 0 unspecified atom stereocenters. The predicted octanol–water partition coefficient (Wildman–Crippen LogP) is 1.50. The van der Waals surface area contributed by atoms with E-state index in [0.717, 1.165) is 0 Å². The van der Waals surface area contributed by atoms with E-state index in [2.05, 4.69) is 26.7 Å². The molecule has 0 aliphatic rings. The van der Waals surface area contributed by atoms with Crippen LogP contribution in [0.25, 0.3) is 0 Å². The second-order valence-corrected chi connectivity index (χ2v) is 2.66. The Bertz CT molecular complexity index is 113. The van der Waals surface area contributed by atoms with E-state index in [9.17, 15) is 0 Å². The summed E-state index contributed by atoms with van der Waals surface area (Å²) in [6.07, 6.45) is 0.512. The molecule has 0 radical (unpaired) electrons. The van der Waals surface area contributed by atoms with Crippen LogP contribution >= 0.6 is 15.9 Å². The highest BCUT2D eigenvalue weighted by atomic mass is 79.9. The largest absolute Gasteiger partial charge is 0.389 e. The Morgan fingerprint density at radius 1 is 1.62 bits per heavy atom. The number of halogens is 1. The average molecular weight is 177 g/mol. The molecular weight excluding hydrogens is 168 g/mol. The Labute approximate surface area is 58.2 Å². The third-order valence-electron chi connectivity index (χ3n) is 0.588. The maximum absolute atomic E-state index is 9.03. The first-order valence-corrected chi connectivity index (χ1v) is 3.16. The fourth-order valence-corrected chi connectivity index (χ4v) is 0.390. The maximum Gasteiger partial charge on any atom is 0.0700 e. The van der Waals surface area contributed by atoms with Crippen LogP contribution in [0.2, 0.25) is 0 Å². The molecule has 1 nitrogen and oxygen atoms in total. The van der Waals surface area contributed by atoms with E-state index < -0.39 is 5.60 Å². The normalized spacial score (nSPS) is 10.0. The molecule has 8 heavy (non-hydrogen) atoms. The van der Waals surface area contributed by atoms with E-state index in [0.29, 0.717) is 6.42 Å². The van der Waals surface area contributed by atoms with E-state index in [1.54, 1.807) is 13.8 Å². The van der Waals surface area contributed by atoms with Gasteiger partial charge in [0.25, 0.3) is 0 Å². The van der Waals surface area contributed by atoms with E-state index in [-0.39, 0.29) is 0 Å². The van der Waals surface area contributed by atoms with Crippen molar-refractivity contribution < 1.29 is 5.11 Å². The number of rotatable bonds is 1. The minimum Gasteiger partial charge on any atom is -0.389 e. The first-order valence-electron chi connectivity index (χ1n) is 2.37. The van der Waals surface area contributed by atoms with E-state index in [1.165, 1.54) is 0 Å². The molecule has 46 valence electrons. The summed E-state index contributed by atoms with van der Waals surface area (Å²) in [6.45, 7) is 3.45. The summed E-state index contributed by atoms with van der Waals surface area (Å²) >= 11 is 2.93. The van der Waals surface area contributed by atoms with Crippen LogP contribution in [0.3, 0.4) is 0 Å². The Balaban J connectivity index is 3.50. The Kier molecular flexibility index (Phi) is 3.11. The predicted molar refractivity (Wildman–Crippen MR) is 37.6 cm³/mol. The number of aliphatic hydroxyl groups is 1. The summed E-state index contributed by atoms with van der Waals surface area (Å²) in [5, 5.41) is 9.03. The molecule has 0 saturated carbocycles. The fourth-order valence-electron chi connectivity index (χ4n) is 0.250. The molecule has 0 aromatic rings. The van der Waals surface area contributed by atoms with Crippen molar-refractivity contribution in [3.05, 3.63) is 0 Å². The fraction of sp³-hybridized carbons (Fsp3) is 0.667. The highest BCUT2D eigenvalue weighted by Crippen LogP contribution is 2.04. The van der Waals surface area contributed by atoms with E-state index in [4.69, 9.17) is 5.11 Å². The lowest BCUT2D eigenvalue weighted by atomic mass is 10.1. The second-order valence-electron chi connectivity index (χ2n) is 2.26. The molecule has 0 amide bonds. The zero-order valence-corrected chi connectivity index (χ0v) is 6.62. The summed E-state index contributed by atoms with van der Waals surface area (Å²) in [5.41, 5.74) is -0.652. The molecule has 0 bridgehead atoms. The molecule has 1 N–H and O–H groups in total.